The SMILES string of the molecule is O=C(Nc1ncc(Cc2cccc(F)c2)s1)c1cccnc1S(=O)(=O)C(F)(F)F. The molecule has 1 amide bonds. The summed E-state index contributed by atoms with van der Waals surface area (Å²) in [5.41, 5.74) is -5.69. The molecule has 1 N–H and O–H groups in total. The minimum absolute atomic E-state index is 0.0422. The minimum Gasteiger partial charge on any atom is -0.298 e. The first-order chi connectivity index (χ1) is 13.6. The molecule has 6 nitrogen and oxygen atoms in total. The number of alkyl halides is 3. The topological polar surface area (TPSA) is 89.0 Å². The molecule has 0 aliphatic rings. The van der Waals surface area contributed by atoms with E-state index in [2.05, 4.69) is 15.3 Å². The Hall–Kier alpha value is -2.86. The van der Waals surface area contributed by atoms with Crippen LogP contribution in [0.3, 0.4) is 0 Å². The van der Waals surface area contributed by atoms with E-state index < -0.39 is 37.7 Å². The number of benzene rings is 1. The highest BCUT2D eigenvalue weighted by Gasteiger charge is 2.49. The number of nitrogens with one attached hydrogen (secondary N) is 1. The summed E-state index contributed by atoms with van der Waals surface area (Å²) in [7, 11) is -5.81. The first kappa shape index (κ1) is 20.9. The molecule has 0 aliphatic heterocycles. The number of anilines is 1. The van der Waals surface area contributed by atoms with E-state index in [1.807, 2.05) is 0 Å². The number of hydrogen-bond donors (Lipinski definition) is 1. The molecule has 0 radical (unpaired) electrons. The zero-order valence-electron chi connectivity index (χ0n) is 14.3. The fourth-order valence-corrected chi connectivity index (χ4v) is 4.06. The maximum Gasteiger partial charge on any atom is 0.503 e. The molecular formula is C17H11F4N3O3S2. The summed E-state index contributed by atoms with van der Waals surface area (Å²) >= 11 is 1.02. The highest BCUT2D eigenvalue weighted by Crippen LogP contribution is 2.31. The van der Waals surface area contributed by atoms with E-state index in [4.69, 9.17) is 0 Å². The van der Waals surface area contributed by atoms with Gasteiger partial charge in [0.05, 0.1) is 5.56 Å². The number of carbonyl (C=O) groups excluding carboxylic acids is 1. The Bertz CT molecular complexity index is 1160. The Morgan fingerprint density at radius 1 is 1.14 bits per heavy atom. The van der Waals surface area contributed by atoms with Crippen molar-refractivity contribution in [3.8, 4) is 0 Å². The second-order valence-electron chi connectivity index (χ2n) is 5.70. The van der Waals surface area contributed by atoms with Crippen LogP contribution in [-0.2, 0) is 16.3 Å². The number of rotatable bonds is 5. The Morgan fingerprint density at radius 3 is 2.59 bits per heavy atom. The smallest absolute Gasteiger partial charge is 0.298 e. The zero-order chi connectivity index (χ0) is 21.2. The van der Waals surface area contributed by atoms with Crippen LogP contribution in [0.4, 0.5) is 22.7 Å². The van der Waals surface area contributed by atoms with Gasteiger partial charge >= 0.3 is 5.51 Å². The number of carbonyl (C=O) groups is 1. The van der Waals surface area contributed by atoms with Crippen LogP contribution in [0.1, 0.15) is 20.8 Å². The first-order valence-corrected chi connectivity index (χ1v) is 10.1. The summed E-state index contributed by atoms with van der Waals surface area (Å²) in [6.45, 7) is 0. The molecule has 0 bridgehead atoms. The average molecular weight is 445 g/mol. The molecule has 2 aromatic heterocycles. The summed E-state index contributed by atoms with van der Waals surface area (Å²) in [4.78, 5) is 20.2. The fourth-order valence-electron chi connectivity index (χ4n) is 2.35. The maximum absolute atomic E-state index is 13.2. The van der Waals surface area contributed by atoms with E-state index in [1.54, 1.807) is 12.1 Å². The fraction of sp³-hybridized carbons (Fsp3) is 0.118. The van der Waals surface area contributed by atoms with Crippen molar-refractivity contribution in [1.82, 2.24) is 9.97 Å². The second kappa shape index (κ2) is 7.87. The summed E-state index contributed by atoms with van der Waals surface area (Å²) < 4.78 is 75.1. The summed E-state index contributed by atoms with van der Waals surface area (Å²) in [5.74, 6) is -1.51. The molecule has 0 aliphatic carbocycles. The molecule has 2 heterocycles. The molecule has 0 atom stereocenters. The van der Waals surface area contributed by atoms with Crippen LogP contribution in [0, 0.1) is 5.82 Å². The predicted molar refractivity (Wildman–Crippen MR) is 96.8 cm³/mol. The lowest BCUT2D eigenvalue weighted by atomic mass is 10.1. The average Bonchev–Trinajstić information content (AvgIpc) is 3.07. The first-order valence-electron chi connectivity index (χ1n) is 7.85. The zero-order valence-corrected chi connectivity index (χ0v) is 15.9. The largest absolute Gasteiger partial charge is 0.503 e. The number of thiazole rings is 1. The quantitative estimate of drug-likeness (QED) is 0.604. The highest BCUT2D eigenvalue weighted by molar-refractivity contribution is 7.92. The Morgan fingerprint density at radius 2 is 1.90 bits per heavy atom. The standard InChI is InChI=1S/C17H11F4N3O3S2/c18-11-4-1-3-10(7-11)8-12-9-23-16(28-12)24-14(25)13-5-2-6-22-15(13)29(26,27)17(19,20)21/h1-7,9H,8H2,(H,23,24,25). The number of amides is 1. The van der Waals surface area contributed by atoms with Gasteiger partial charge in [-0.1, -0.05) is 12.1 Å². The van der Waals surface area contributed by atoms with Gasteiger partial charge in [-0.25, -0.2) is 22.8 Å². The molecule has 0 saturated carbocycles. The Balaban J connectivity index is 1.81. The van der Waals surface area contributed by atoms with Crippen molar-refractivity contribution in [1.29, 1.82) is 0 Å². The third-order valence-corrected chi connectivity index (χ3v) is 5.97. The van der Waals surface area contributed by atoms with Crippen molar-refractivity contribution in [2.24, 2.45) is 0 Å². The van der Waals surface area contributed by atoms with Crippen LogP contribution in [-0.4, -0.2) is 29.8 Å². The lowest BCUT2D eigenvalue weighted by Gasteiger charge is -2.10. The number of aromatic nitrogens is 2. The minimum atomic E-state index is -5.81. The number of pyridine rings is 1. The summed E-state index contributed by atoms with van der Waals surface area (Å²) in [5, 5.41) is 0.917. The third-order valence-electron chi connectivity index (χ3n) is 3.62. The van der Waals surface area contributed by atoms with Crippen LogP contribution >= 0.6 is 11.3 Å². The lowest BCUT2D eigenvalue weighted by Crippen LogP contribution is -2.27. The summed E-state index contributed by atoms with van der Waals surface area (Å²) in [6.07, 6.45) is 2.59. The molecule has 3 rings (SSSR count). The van der Waals surface area contributed by atoms with Crippen molar-refractivity contribution < 1.29 is 30.8 Å². The number of halogens is 4. The normalized spacial score (nSPS) is 12.0. The molecule has 152 valence electrons. The van der Waals surface area contributed by atoms with Gasteiger partial charge in [0.2, 0.25) is 0 Å². The van der Waals surface area contributed by atoms with E-state index in [9.17, 15) is 30.8 Å². The van der Waals surface area contributed by atoms with Gasteiger partial charge in [-0.05, 0) is 29.8 Å². The van der Waals surface area contributed by atoms with Gasteiger partial charge in [0, 0.05) is 23.7 Å². The van der Waals surface area contributed by atoms with Gasteiger partial charge in [0.1, 0.15) is 5.82 Å². The van der Waals surface area contributed by atoms with Crippen molar-refractivity contribution in [3.05, 3.63) is 70.6 Å². The van der Waals surface area contributed by atoms with E-state index in [0.717, 1.165) is 29.7 Å². The lowest BCUT2D eigenvalue weighted by molar-refractivity contribution is -0.0438. The molecule has 29 heavy (non-hydrogen) atoms. The molecule has 0 spiro atoms. The molecule has 1 aromatic carbocycles. The predicted octanol–water partition coefficient (Wildman–Crippen LogP) is 3.81. The van der Waals surface area contributed by atoms with Crippen molar-refractivity contribution >= 4 is 32.2 Å². The van der Waals surface area contributed by atoms with Crippen LogP contribution in [0.5, 0.6) is 0 Å². The number of hydrogen-bond acceptors (Lipinski definition) is 6. The van der Waals surface area contributed by atoms with Gasteiger partial charge in [-0.15, -0.1) is 11.3 Å². The van der Waals surface area contributed by atoms with Crippen molar-refractivity contribution in [2.75, 3.05) is 5.32 Å². The Kier molecular flexibility index (Phi) is 5.66. The molecule has 0 fully saturated rings. The molecular weight excluding hydrogens is 434 g/mol. The van der Waals surface area contributed by atoms with Gasteiger partial charge in [-0.2, -0.15) is 13.2 Å². The van der Waals surface area contributed by atoms with Gasteiger partial charge in [-0.3, -0.25) is 10.1 Å². The van der Waals surface area contributed by atoms with Crippen LogP contribution in [0.25, 0.3) is 0 Å². The maximum atomic E-state index is 13.2. The molecule has 3 aromatic rings. The van der Waals surface area contributed by atoms with E-state index in [1.165, 1.54) is 18.3 Å². The van der Waals surface area contributed by atoms with E-state index in [0.29, 0.717) is 16.9 Å². The van der Waals surface area contributed by atoms with E-state index in [-0.39, 0.29) is 5.13 Å². The van der Waals surface area contributed by atoms with Crippen LogP contribution < -0.4 is 5.32 Å². The highest BCUT2D eigenvalue weighted by atomic mass is 32.2. The van der Waals surface area contributed by atoms with Crippen molar-refractivity contribution in [3.63, 3.8) is 0 Å². The van der Waals surface area contributed by atoms with Crippen LogP contribution in [0.2, 0.25) is 0 Å². The molecule has 12 heteroatoms. The van der Waals surface area contributed by atoms with Gasteiger partial charge < -0.3 is 0 Å². The molecule has 0 saturated heterocycles. The second-order valence-corrected chi connectivity index (χ2v) is 8.67. The monoisotopic (exact) mass is 445 g/mol. The molecule has 0 unspecified atom stereocenters. The van der Waals surface area contributed by atoms with E-state index >= 15 is 0 Å². The Labute approximate surface area is 166 Å². The van der Waals surface area contributed by atoms with Crippen molar-refractivity contribution in [2.45, 2.75) is 17.0 Å². The van der Waals surface area contributed by atoms with Gasteiger partial charge in [0.15, 0.2) is 10.2 Å². The summed E-state index contributed by atoms with van der Waals surface area (Å²) in [6, 6.07) is 7.93. The number of sulfone groups is 1. The van der Waals surface area contributed by atoms with Gasteiger partial charge in [0.25, 0.3) is 15.7 Å². The van der Waals surface area contributed by atoms with Crippen LogP contribution in [0.15, 0.2) is 53.8 Å². The number of nitrogens with zero attached hydrogens (tertiary/aromatic N) is 2. The third kappa shape index (κ3) is 4.59.